The van der Waals surface area contributed by atoms with E-state index in [4.69, 9.17) is 0 Å². The Labute approximate surface area is 110 Å². The van der Waals surface area contributed by atoms with E-state index in [1.165, 1.54) is 6.26 Å². The Morgan fingerprint density at radius 3 is 2.74 bits per heavy atom. The van der Waals surface area contributed by atoms with Crippen molar-refractivity contribution in [2.45, 2.75) is 4.90 Å². The second-order valence-electron chi connectivity index (χ2n) is 4.31. The summed E-state index contributed by atoms with van der Waals surface area (Å²) < 4.78 is 24.9. The molecule has 0 radical (unpaired) electrons. The fourth-order valence-electron chi connectivity index (χ4n) is 1.90. The van der Waals surface area contributed by atoms with Crippen LogP contribution in [0.3, 0.4) is 0 Å². The first-order valence-electron chi connectivity index (χ1n) is 5.64. The van der Waals surface area contributed by atoms with Crippen molar-refractivity contribution in [1.82, 2.24) is 14.6 Å². The lowest BCUT2D eigenvalue weighted by Gasteiger charge is -2.04. The second-order valence-corrected chi connectivity index (χ2v) is 6.33. The molecular formula is C13H11N3O2S. The molecule has 0 aliphatic carbocycles. The summed E-state index contributed by atoms with van der Waals surface area (Å²) in [6, 6.07) is 10.6. The monoisotopic (exact) mass is 273 g/mol. The molecule has 19 heavy (non-hydrogen) atoms. The van der Waals surface area contributed by atoms with Crippen molar-refractivity contribution in [3.63, 3.8) is 0 Å². The third-order valence-electron chi connectivity index (χ3n) is 2.89. The van der Waals surface area contributed by atoms with Crippen LogP contribution in [0.15, 0.2) is 53.8 Å². The van der Waals surface area contributed by atoms with Gasteiger partial charge in [0.15, 0.2) is 15.5 Å². The predicted molar refractivity (Wildman–Crippen MR) is 71.5 cm³/mol. The van der Waals surface area contributed by atoms with E-state index in [0.717, 1.165) is 16.8 Å². The molecule has 2 heterocycles. The molecule has 0 amide bonds. The van der Waals surface area contributed by atoms with Crippen LogP contribution in [0.25, 0.3) is 16.8 Å². The minimum atomic E-state index is -3.20. The molecule has 0 aliphatic heterocycles. The van der Waals surface area contributed by atoms with E-state index in [2.05, 4.69) is 10.2 Å². The number of hydrogen-bond acceptors (Lipinski definition) is 4. The molecule has 6 heteroatoms. The summed E-state index contributed by atoms with van der Waals surface area (Å²) in [5.41, 5.74) is 2.51. The number of pyridine rings is 1. The molecule has 0 saturated heterocycles. The van der Waals surface area contributed by atoms with Gasteiger partial charge in [0.05, 0.1) is 4.90 Å². The van der Waals surface area contributed by atoms with Crippen LogP contribution in [-0.4, -0.2) is 29.3 Å². The van der Waals surface area contributed by atoms with Gasteiger partial charge < -0.3 is 0 Å². The van der Waals surface area contributed by atoms with Gasteiger partial charge in [0.1, 0.15) is 6.33 Å². The highest BCUT2D eigenvalue weighted by molar-refractivity contribution is 7.90. The molecule has 0 bridgehead atoms. The molecule has 2 aromatic heterocycles. The summed E-state index contributed by atoms with van der Waals surface area (Å²) in [7, 11) is -3.20. The van der Waals surface area contributed by atoms with Crippen molar-refractivity contribution in [3.8, 4) is 11.1 Å². The summed E-state index contributed by atoms with van der Waals surface area (Å²) in [6.45, 7) is 0. The lowest BCUT2D eigenvalue weighted by atomic mass is 10.1. The number of aromatic nitrogens is 3. The Balaban J connectivity index is 2.15. The molecule has 0 spiro atoms. The van der Waals surface area contributed by atoms with Crippen molar-refractivity contribution in [2.75, 3.05) is 6.26 Å². The number of nitrogens with zero attached hydrogens (tertiary/aromatic N) is 3. The first kappa shape index (κ1) is 11.9. The van der Waals surface area contributed by atoms with Gasteiger partial charge in [-0.3, -0.25) is 4.40 Å². The molecular weight excluding hydrogens is 262 g/mol. The average molecular weight is 273 g/mol. The molecule has 1 aromatic carbocycles. The van der Waals surface area contributed by atoms with Crippen LogP contribution in [-0.2, 0) is 9.84 Å². The zero-order valence-corrected chi connectivity index (χ0v) is 11.0. The third-order valence-corrected chi connectivity index (χ3v) is 4.00. The maximum Gasteiger partial charge on any atom is 0.175 e. The molecule has 0 aliphatic rings. The topological polar surface area (TPSA) is 64.3 Å². The van der Waals surface area contributed by atoms with E-state index in [9.17, 15) is 8.42 Å². The Morgan fingerprint density at radius 2 is 1.95 bits per heavy atom. The maximum atomic E-state index is 11.6. The van der Waals surface area contributed by atoms with Gasteiger partial charge in [-0.1, -0.05) is 12.1 Å². The zero-order chi connectivity index (χ0) is 13.5. The average Bonchev–Trinajstić information content (AvgIpc) is 2.85. The van der Waals surface area contributed by atoms with E-state index in [0.29, 0.717) is 4.90 Å². The molecule has 0 saturated carbocycles. The smallest absolute Gasteiger partial charge is 0.175 e. The number of rotatable bonds is 2. The van der Waals surface area contributed by atoms with Crippen LogP contribution in [0, 0.1) is 0 Å². The molecule has 3 aromatic rings. The van der Waals surface area contributed by atoms with Crippen LogP contribution >= 0.6 is 0 Å². The number of sulfone groups is 1. The minimum absolute atomic E-state index is 0.314. The van der Waals surface area contributed by atoms with E-state index in [1.54, 1.807) is 28.9 Å². The Hall–Kier alpha value is -2.21. The van der Waals surface area contributed by atoms with Crippen molar-refractivity contribution >= 4 is 15.5 Å². The summed E-state index contributed by atoms with van der Waals surface area (Å²) in [6.07, 6.45) is 4.69. The van der Waals surface area contributed by atoms with Gasteiger partial charge in [0.25, 0.3) is 0 Å². The zero-order valence-electron chi connectivity index (χ0n) is 10.2. The van der Waals surface area contributed by atoms with Crippen molar-refractivity contribution in [1.29, 1.82) is 0 Å². The molecule has 96 valence electrons. The quantitative estimate of drug-likeness (QED) is 0.714. The second kappa shape index (κ2) is 4.17. The summed E-state index contributed by atoms with van der Waals surface area (Å²) in [5, 5.41) is 7.74. The lowest BCUT2D eigenvalue weighted by Crippen LogP contribution is -1.97. The highest BCUT2D eigenvalue weighted by Crippen LogP contribution is 2.22. The Morgan fingerprint density at radius 1 is 1.11 bits per heavy atom. The fraction of sp³-hybridized carbons (Fsp3) is 0.0769. The number of hydrogen-bond donors (Lipinski definition) is 0. The first-order valence-corrected chi connectivity index (χ1v) is 7.53. The molecule has 5 nitrogen and oxygen atoms in total. The molecule has 0 unspecified atom stereocenters. The van der Waals surface area contributed by atoms with Gasteiger partial charge in [-0.15, -0.1) is 10.2 Å². The van der Waals surface area contributed by atoms with Crippen LogP contribution in [0.2, 0.25) is 0 Å². The largest absolute Gasteiger partial charge is 0.288 e. The summed E-state index contributed by atoms with van der Waals surface area (Å²) in [4.78, 5) is 0.314. The number of fused-ring (bicyclic) bond motifs is 1. The van der Waals surface area contributed by atoms with Crippen LogP contribution in [0.1, 0.15) is 0 Å². The van der Waals surface area contributed by atoms with Gasteiger partial charge in [0.2, 0.25) is 0 Å². The molecule has 3 rings (SSSR count). The minimum Gasteiger partial charge on any atom is -0.288 e. The normalized spacial score (nSPS) is 11.8. The van der Waals surface area contributed by atoms with Gasteiger partial charge in [-0.05, 0) is 35.4 Å². The maximum absolute atomic E-state index is 11.6. The fourth-order valence-corrected chi connectivity index (χ4v) is 2.57. The third kappa shape index (κ3) is 2.22. The first-order chi connectivity index (χ1) is 9.04. The molecule has 0 N–H and O–H groups in total. The van der Waals surface area contributed by atoms with Crippen molar-refractivity contribution < 1.29 is 8.42 Å². The Kier molecular flexibility index (Phi) is 2.60. The highest BCUT2D eigenvalue weighted by Gasteiger charge is 2.08. The van der Waals surface area contributed by atoms with Gasteiger partial charge >= 0.3 is 0 Å². The summed E-state index contributed by atoms with van der Waals surface area (Å²) >= 11 is 0. The molecule has 0 atom stereocenters. The highest BCUT2D eigenvalue weighted by atomic mass is 32.2. The van der Waals surface area contributed by atoms with Gasteiger partial charge in [0, 0.05) is 12.5 Å². The van der Waals surface area contributed by atoms with Gasteiger partial charge in [-0.25, -0.2) is 8.42 Å². The van der Waals surface area contributed by atoms with E-state index in [-0.39, 0.29) is 0 Å². The van der Waals surface area contributed by atoms with Crippen LogP contribution in [0.4, 0.5) is 0 Å². The SMILES string of the molecule is CS(=O)(=O)c1cccc(-c2ccc3nncn3c2)c1. The van der Waals surface area contributed by atoms with Crippen LogP contribution in [0.5, 0.6) is 0 Å². The predicted octanol–water partition coefficient (Wildman–Crippen LogP) is 1.80. The standard InChI is InChI=1S/C13H11N3O2S/c1-19(17,18)12-4-2-3-10(7-12)11-5-6-13-15-14-9-16(13)8-11/h2-9H,1H3. The molecule has 0 fully saturated rings. The lowest BCUT2D eigenvalue weighted by molar-refractivity contribution is 0.602. The van der Waals surface area contributed by atoms with Crippen molar-refractivity contribution in [3.05, 3.63) is 48.9 Å². The van der Waals surface area contributed by atoms with Gasteiger partial charge in [-0.2, -0.15) is 0 Å². The van der Waals surface area contributed by atoms with E-state index < -0.39 is 9.84 Å². The van der Waals surface area contributed by atoms with Crippen molar-refractivity contribution in [2.24, 2.45) is 0 Å². The van der Waals surface area contributed by atoms with E-state index in [1.807, 2.05) is 24.4 Å². The Bertz CT molecular complexity index is 853. The van der Waals surface area contributed by atoms with Crippen LogP contribution < -0.4 is 0 Å². The number of benzene rings is 1. The van der Waals surface area contributed by atoms with E-state index >= 15 is 0 Å². The summed E-state index contributed by atoms with van der Waals surface area (Å²) in [5.74, 6) is 0.